The van der Waals surface area contributed by atoms with Gasteiger partial charge in [0.15, 0.2) is 5.78 Å². The van der Waals surface area contributed by atoms with E-state index in [0.717, 1.165) is 22.6 Å². The molecule has 0 fully saturated rings. The molecule has 0 spiro atoms. The third-order valence-electron chi connectivity index (χ3n) is 7.38. The van der Waals surface area contributed by atoms with Gasteiger partial charge in [0.05, 0.1) is 12.7 Å². The smallest absolute Gasteiger partial charge is 0.337 e. The zero-order valence-electron chi connectivity index (χ0n) is 21.7. The molecule has 3 atom stereocenters. The zero-order chi connectivity index (χ0) is 26.8. The highest BCUT2D eigenvalue weighted by Gasteiger charge is 2.42. The number of hydrogen-bond acceptors (Lipinski definition) is 6. The molecule has 1 aliphatic carbocycles. The molecule has 5 rings (SSSR count). The van der Waals surface area contributed by atoms with Crippen LogP contribution in [0.3, 0.4) is 0 Å². The number of ketones is 1. The van der Waals surface area contributed by atoms with E-state index in [1.807, 2.05) is 74.5 Å². The Morgan fingerprint density at radius 2 is 1.74 bits per heavy atom. The minimum absolute atomic E-state index is 0.0445. The van der Waals surface area contributed by atoms with E-state index >= 15 is 0 Å². The van der Waals surface area contributed by atoms with Crippen molar-refractivity contribution >= 4 is 11.8 Å². The first kappa shape index (κ1) is 25.3. The molecule has 3 aromatic carbocycles. The largest absolute Gasteiger partial charge is 0.508 e. The standard InChI is InChI=1S/C32H31NO5/c1-19-29(32(36)38-20(2)21-10-5-4-6-11-21)30(22-12-9-13-24(34)16-22)31-26(33-19)17-23(18-27(31)35)25-14-7-8-15-28(25)37-3/h4-16,20,23,30,33-34H,17-18H2,1-3H3. The van der Waals surface area contributed by atoms with Crippen molar-refractivity contribution in [2.45, 2.75) is 44.6 Å². The minimum Gasteiger partial charge on any atom is -0.508 e. The van der Waals surface area contributed by atoms with Gasteiger partial charge in [0.2, 0.25) is 0 Å². The summed E-state index contributed by atoms with van der Waals surface area (Å²) in [6, 6.07) is 24.0. The van der Waals surface area contributed by atoms with Crippen LogP contribution in [-0.2, 0) is 14.3 Å². The first-order valence-electron chi connectivity index (χ1n) is 12.8. The summed E-state index contributed by atoms with van der Waals surface area (Å²) in [5.41, 5.74) is 4.88. The van der Waals surface area contributed by atoms with Crippen molar-refractivity contribution in [3.63, 3.8) is 0 Å². The Morgan fingerprint density at radius 1 is 1.00 bits per heavy atom. The van der Waals surface area contributed by atoms with Gasteiger partial charge in [-0.15, -0.1) is 0 Å². The van der Waals surface area contributed by atoms with Crippen LogP contribution in [0.1, 0.15) is 61.3 Å². The van der Waals surface area contributed by atoms with Gasteiger partial charge in [0, 0.05) is 35.2 Å². The minimum atomic E-state index is -0.653. The Balaban J connectivity index is 1.54. The number of para-hydroxylation sites is 1. The van der Waals surface area contributed by atoms with E-state index in [1.165, 1.54) is 0 Å². The van der Waals surface area contributed by atoms with Gasteiger partial charge in [-0.2, -0.15) is 0 Å². The molecule has 0 radical (unpaired) electrons. The number of aromatic hydroxyl groups is 1. The average molecular weight is 510 g/mol. The molecule has 0 saturated heterocycles. The number of phenolic OH excluding ortho intramolecular Hbond substituents is 1. The summed E-state index contributed by atoms with van der Waals surface area (Å²) >= 11 is 0. The third kappa shape index (κ3) is 4.82. The van der Waals surface area contributed by atoms with Gasteiger partial charge in [0.25, 0.3) is 0 Å². The molecule has 38 heavy (non-hydrogen) atoms. The second-order valence-corrected chi connectivity index (χ2v) is 9.81. The fraction of sp³-hybridized carbons (Fsp3) is 0.250. The Hall–Kier alpha value is -4.32. The number of carbonyl (C=O) groups excluding carboxylic acids is 2. The summed E-state index contributed by atoms with van der Waals surface area (Å²) in [7, 11) is 1.63. The van der Waals surface area contributed by atoms with Crippen LogP contribution in [0.2, 0.25) is 0 Å². The number of phenols is 1. The second-order valence-electron chi connectivity index (χ2n) is 9.81. The van der Waals surface area contributed by atoms with Crippen LogP contribution in [0, 0.1) is 0 Å². The molecule has 194 valence electrons. The van der Waals surface area contributed by atoms with Crippen LogP contribution in [0.15, 0.2) is 101 Å². The average Bonchev–Trinajstić information content (AvgIpc) is 2.92. The molecule has 2 N–H and O–H groups in total. The number of ether oxygens (including phenoxy) is 2. The zero-order valence-corrected chi connectivity index (χ0v) is 21.7. The Kier molecular flexibility index (Phi) is 7.05. The van der Waals surface area contributed by atoms with Crippen LogP contribution < -0.4 is 10.1 Å². The van der Waals surface area contributed by atoms with E-state index in [0.29, 0.717) is 28.8 Å². The van der Waals surface area contributed by atoms with Crippen molar-refractivity contribution in [1.82, 2.24) is 5.32 Å². The maximum atomic E-state index is 13.8. The molecule has 0 bridgehead atoms. The molecule has 3 aromatic rings. The van der Waals surface area contributed by atoms with Crippen LogP contribution in [0.25, 0.3) is 0 Å². The first-order valence-corrected chi connectivity index (χ1v) is 12.8. The maximum absolute atomic E-state index is 13.8. The lowest BCUT2D eigenvalue weighted by molar-refractivity contribution is -0.144. The summed E-state index contributed by atoms with van der Waals surface area (Å²) in [6.45, 7) is 3.66. The number of nitrogens with one attached hydrogen (secondary N) is 1. The van der Waals surface area contributed by atoms with Gasteiger partial charge in [-0.3, -0.25) is 4.79 Å². The monoisotopic (exact) mass is 509 g/mol. The van der Waals surface area contributed by atoms with Gasteiger partial charge < -0.3 is 19.9 Å². The SMILES string of the molecule is COc1ccccc1C1CC(=O)C2=C(C1)NC(C)=C(C(=O)OC(C)c1ccccc1)C2c1cccc(O)c1. The number of Topliss-reactive ketones (excluding diaryl/α,β-unsaturated/α-hetero) is 1. The van der Waals surface area contributed by atoms with E-state index < -0.39 is 18.0 Å². The maximum Gasteiger partial charge on any atom is 0.337 e. The number of dihydropyridines is 1. The van der Waals surface area contributed by atoms with Gasteiger partial charge >= 0.3 is 5.97 Å². The third-order valence-corrected chi connectivity index (χ3v) is 7.38. The van der Waals surface area contributed by atoms with Crippen molar-refractivity contribution in [2.75, 3.05) is 7.11 Å². The summed E-state index contributed by atoms with van der Waals surface area (Å²) in [6.07, 6.45) is 0.413. The number of hydrogen-bond donors (Lipinski definition) is 2. The molecule has 0 saturated carbocycles. The molecule has 0 aromatic heterocycles. The first-order chi connectivity index (χ1) is 18.4. The van der Waals surface area contributed by atoms with Crippen molar-refractivity contribution in [1.29, 1.82) is 0 Å². The highest BCUT2D eigenvalue weighted by molar-refractivity contribution is 6.04. The van der Waals surface area contributed by atoms with Crippen LogP contribution in [0.5, 0.6) is 11.5 Å². The lowest BCUT2D eigenvalue weighted by Gasteiger charge is -2.37. The fourth-order valence-corrected chi connectivity index (χ4v) is 5.59. The topological polar surface area (TPSA) is 84.9 Å². The number of benzene rings is 3. The predicted molar refractivity (Wildman–Crippen MR) is 145 cm³/mol. The predicted octanol–water partition coefficient (Wildman–Crippen LogP) is 6.07. The lowest BCUT2D eigenvalue weighted by Crippen LogP contribution is -2.36. The second kappa shape index (κ2) is 10.6. The van der Waals surface area contributed by atoms with Crippen molar-refractivity contribution < 1.29 is 24.2 Å². The van der Waals surface area contributed by atoms with Crippen molar-refractivity contribution in [2.24, 2.45) is 0 Å². The molecule has 1 heterocycles. The number of methoxy groups -OCH3 is 1. The number of esters is 1. The van der Waals surface area contributed by atoms with Gasteiger partial charge in [-0.05, 0) is 55.2 Å². The lowest BCUT2D eigenvalue weighted by atomic mass is 9.71. The highest BCUT2D eigenvalue weighted by atomic mass is 16.5. The van der Waals surface area contributed by atoms with Crippen molar-refractivity contribution in [3.05, 3.63) is 118 Å². The Labute approximate surface area is 222 Å². The Morgan fingerprint density at radius 3 is 2.47 bits per heavy atom. The molecule has 2 aliphatic rings. The molecular formula is C32H31NO5. The highest BCUT2D eigenvalue weighted by Crippen LogP contribution is 2.47. The normalized spacial score (nSPS) is 19.9. The number of rotatable bonds is 6. The van der Waals surface area contributed by atoms with E-state index in [4.69, 9.17) is 9.47 Å². The molecular weight excluding hydrogens is 478 g/mol. The molecule has 6 nitrogen and oxygen atoms in total. The van der Waals surface area contributed by atoms with Crippen LogP contribution in [-0.4, -0.2) is 24.0 Å². The van der Waals surface area contributed by atoms with Gasteiger partial charge in [0.1, 0.15) is 17.6 Å². The Bertz CT molecular complexity index is 1440. The molecule has 1 aliphatic heterocycles. The number of carbonyl (C=O) groups is 2. The number of allylic oxidation sites excluding steroid dienone is 3. The van der Waals surface area contributed by atoms with Crippen molar-refractivity contribution in [3.8, 4) is 11.5 Å². The van der Waals surface area contributed by atoms with E-state index in [9.17, 15) is 14.7 Å². The molecule has 6 heteroatoms. The fourth-order valence-electron chi connectivity index (χ4n) is 5.59. The summed E-state index contributed by atoms with van der Waals surface area (Å²) in [5, 5.41) is 13.7. The van der Waals surface area contributed by atoms with E-state index in [1.54, 1.807) is 25.3 Å². The quantitative estimate of drug-likeness (QED) is 0.393. The summed E-state index contributed by atoms with van der Waals surface area (Å²) in [5.74, 6) is -0.431. The molecule has 0 amide bonds. The van der Waals surface area contributed by atoms with Crippen LogP contribution in [0.4, 0.5) is 0 Å². The van der Waals surface area contributed by atoms with Gasteiger partial charge in [-0.1, -0.05) is 60.7 Å². The van der Waals surface area contributed by atoms with Crippen LogP contribution >= 0.6 is 0 Å². The summed E-state index contributed by atoms with van der Waals surface area (Å²) in [4.78, 5) is 27.5. The summed E-state index contributed by atoms with van der Waals surface area (Å²) < 4.78 is 11.5. The van der Waals surface area contributed by atoms with E-state index in [-0.39, 0.29) is 23.9 Å². The van der Waals surface area contributed by atoms with Gasteiger partial charge in [-0.25, -0.2) is 4.79 Å². The molecule has 3 unspecified atom stereocenters. The van der Waals surface area contributed by atoms with E-state index in [2.05, 4.69) is 5.32 Å².